The first-order chi connectivity index (χ1) is 8.17. The van der Waals surface area contributed by atoms with E-state index in [2.05, 4.69) is 5.32 Å². The van der Waals surface area contributed by atoms with Gasteiger partial charge in [-0.05, 0) is 12.8 Å². The van der Waals surface area contributed by atoms with Crippen molar-refractivity contribution in [3.05, 3.63) is 0 Å². The minimum Gasteiger partial charge on any atom is -0.354 e. The molecule has 1 saturated carbocycles. The Hall–Kier alpha value is -0.810. The molecule has 1 rings (SSSR count). The van der Waals surface area contributed by atoms with Crippen LogP contribution in [0.2, 0.25) is 0 Å². The molecule has 0 atom stereocenters. The number of rotatable bonds is 5. The summed E-state index contributed by atoms with van der Waals surface area (Å²) in [7, 11) is 4.89. The van der Waals surface area contributed by atoms with E-state index in [1.165, 1.54) is 19.3 Å². The van der Waals surface area contributed by atoms with Crippen LogP contribution in [0.5, 0.6) is 0 Å². The third kappa shape index (κ3) is 4.91. The Kier molecular flexibility index (Phi) is 6.29. The monoisotopic (exact) mass is 244 g/mol. The second kappa shape index (κ2) is 7.50. The second-order valence-electron chi connectivity index (χ2n) is 4.57. The molecule has 1 N–H and O–H groups in total. The van der Waals surface area contributed by atoms with Crippen LogP contribution in [0.25, 0.3) is 0 Å². The molecule has 1 fully saturated rings. The molecule has 100 valence electrons. The van der Waals surface area contributed by atoms with Gasteiger partial charge in [-0.15, -0.1) is 0 Å². The van der Waals surface area contributed by atoms with Crippen molar-refractivity contribution >= 4 is 6.03 Å². The van der Waals surface area contributed by atoms with E-state index in [-0.39, 0.29) is 12.3 Å². The molecule has 0 heterocycles. The normalized spacial score (nSPS) is 17.2. The topological polar surface area (TPSA) is 50.8 Å². The number of ether oxygens (including phenoxy) is 2. The van der Waals surface area contributed by atoms with Gasteiger partial charge < -0.3 is 19.7 Å². The van der Waals surface area contributed by atoms with Gasteiger partial charge in [0.05, 0.1) is 6.54 Å². The molecule has 0 saturated heterocycles. The summed E-state index contributed by atoms with van der Waals surface area (Å²) in [5.74, 6) is 0. The van der Waals surface area contributed by atoms with E-state index in [1.807, 2.05) is 0 Å². The summed E-state index contributed by atoms with van der Waals surface area (Å²) in [5.41, 5.74) is 0. The van der Waals surface area contributed by atoms with Gasteiger partial charge in [0, 0.05) is 27.3 Å². The van der Waals surface area contributed by atoms with Gasteiger partial charge in [-0.2, -0.15) is 0 Å². The quantitative estimate of drug-likeness (QED) is 0.747. The lowest BCUT2D eigenvalue weighted by Crippen LogP contribution is -2.46. The molecular weight excluding hydrogens is 220 g/mol. The van der Waals surface area contributed by atoms with Gasteiger partial charge in [-0.3, -0.25) is 0 Å². The molecule has 5 nitrogen and oxygen atoms in total. The van der Waals surface area contributed by atoms with Gasteiger partial charge in [0.1, 0.15) is 0 Å². The van der Waals surface area contributed by atoms with Gasteiger partial charge in [0.25, 0.3) is 0 Å². The minimum atomic E-state index is -0.364. The van der Waals surface area contributed by atoms with Crippen molar-refractivity contribution in [3.63, 3.8) is 0 Å². The van der Waals surface area contributed by atoms with Crippen molar-refractivity contribution < 1.29 is 14.3 Å². The van der Waals surface area contributed by atoms with E-state index in [0.29, 0.717) is 12.6 Å². The Morgan fingerprint density at radius 1 is 1.29 bits per heavy atom. The molecular formula is C12H24N2O3. The van der Waals surface area contributed by atoms with Crippen LogP contribution in [0.1, 0.15) is 32.1 Å². The van der Waals surface area contributed by atoms with E-state index < -0.39 is 0 Å². The summed E-state index contributed by atoms with van der Waals surface area (Å²) in [6.07, 6.45) is 5.55. The zero-order valence-corrected chi connectivity index (χ0v) is 11.1. The Morgan fingerprint density at radius 3 is 2.41 bits per heavy atom. The van der Waals surface area contributed by atoms with Crippen LogP contribution in [0.3, 0.4) is 0 Å². The van der Waals surface area contributed by atoms with Crippen molar-refractivity contribution in [2.45, 2.75) is 44.4 Å². The molecule has 0 aromatic carbocycles. The van der Waals surface area contributed by atoms with Gasteiger partial charge >= 0.3 is 6.03 Å². The Balaban J connectivity index is 2.30. The molecule has 0 spiro atoms. The highest BCUT2D eigenvalue weighted by Crippen LogP contribution is 2.17. The molecule has 1 aliphatic rings. The van der Waals surface area contributed by atoms with E-state index in [4.69, 9.17) is 9.47 Å². The molecule has 2 amide bonds. The number of nitrogens with zero attached hydrogens (tertiary/aromatic N) is 1. The van der Waals surface area contributed by atoms with Crippen LogP contribution in [0.4, 0.5) is 4.79 Å². The minimum absolute atomic E-state index is 0.0454. The average molecular weight is 244 g/mol. The van der Waals surface area contributed by atoms with Crippen molar-refractivity contribution in [1.29, 1.82) is 0 Å². The number of hydrogen-bond acceptors (Lipinski definition) is 3. The summed E-state index contributed by atoms with van der Waals surface area (Å²) in [6, 6.07) is 0.290. The maximum absolute atomic E-state index is 11.9. The Morgan fingerprint density at radius 2 is 1.88 bits per heavy atom. The summed E-state index contributed by atoms with van der Waals surface area (Å²) in [5, 5.41) is 3.05. The predicted octanol–water partition coefficient (Wildman–Crippen LogP) is 1.58. The van der Waals surface area contributed by atoms with E-state index >= 15 is 0 Å². The molecule has 17 heavy (non-hydrogen) atoms. The number of nitrogens with one attached hydrogen (secondary N) is 1. The van der Waals surface area contributed by atoms with E-state index in [9.17, 15) is 4.79 Å². The van der Waals surface area contributed by atoms with Crippen molar-refractivity contribution in [1.82, 2.24) is 10.2 Å². The predicted molar refractivity (Wildman–Crippen MR) is 65.8 cm³/mol. The van der Waals surface area contributed by atoms with Crippen LogP contribution in [0, 0.1) is 0 Å². The van der Waals surface area contributed by atoms with Crippen LogP contribution in [-0.4, -0.2) is 51.1 Å². The number of methoxy groups -OCH3 is 2. The van der Waals surface area contributed by atoms with E-state index in [0.717, 1.165) is 12.8 Å². The Bertz CT molecular complexity index is 226. The third-order valence-corrected chi connectivity index (χ3v) is 3.23. The first kappa shape index (κ1) is 14.3. The summed E-state index contributed by atoms with van der Waals surface area (Å²) in [4.78, 5) is 13.5. The van der Waals surface area contributed by atoms with Gasteiger partial charge in [0.2, 0.25) is 0 Å². The molecule has 5 heteroatoms. The van der Waals surface area contributed by atoms with E-state index in [1.54, 1.807) is 26.2 Å². The van der Waals surface area contributed by atoms with Crippen molar-refractivity contribution in [3.8, 4) is 0 Å². The van der Waals surface area contributed by atoms with Crippen molar-refractivity contribution in [2.75, 3.05) is 27.8 Å². The maximum Gasteiger partial charge on any atom is 0.317 e. The summed E-state index contributed by atoms with van der Waals surface area (Å²) < 4.78 is 10.1. The van der Waals surface area contributed by atoms with Crippen LogP contribution in [0.15, 0.2) is 0 Å². The highest BCUT2D eigenvalue weighted by Gasteiger charge is 2.19. The fraction of sp³-hybridized carbons (Fsp3) is 0.917. The SMILES string of the molecule is COC(CN(C)C(=O)NC1CCCCC1)OC. The molecule has 0 aromatic rings. The molecule has 0 aliphatic heterocycles. The lowest BCUT2D eigenvalue weighted by molar-refractivity contribution is -0.109. The smallest absolute Gasteiger partial charge is 0.317 e. The first-order valence-corrected chi connectivity index (χ1v) is 6.24. The molecule has 0 aromatic heterocycles. The number of carbonyl (C=O) groups is 1. The van der Waals surface area contributed by atoms with Crippen LogP contribution < -0.4 is 5.32 Å². The van der Waals surface area contributed by atoms with Gasteiger partial charge in [0.15, 0.2) is 6.29 Å². The number of amides is 2. The fourth-order valence-corrected chi connectivity index (χ4v) is 2.08. The molecule has 0 bridgehead atoms. The average Bonchev–Trinajstić information content (AvgIpc) is 2.36. The second-order valence-corrected chi connectivity index (χ2v) is 4.57. The number of carbonyl (C=O) groups excluding carboxylic acids is 1. The third-order valence-electron chi connectivity index (χ3n) is 3.23. The number of likely N-dealkylation sites (N-methyl/N-ethyl adjacent to an activating group) is 1. The van der Waals surface area contributed by atoms with Crippen molar-refractivity contribution in [2.24, 2.45) is 0 Å². The first-order valence-electron chi connectivity index (χ1n) is 6.24. The maximum atomic E-state index is 11.9. The number of urea groups is 1. The molecule has 1 aliphatic carbocycles. The fourth-order valence-electron chi connectivity index (χ4n) is 2.08. The Labute approximate surface area is 103 Å². The molecule has 0 radical (unpaired) electrons. The van der Waals surface area contributed by atoms with Crippen LogP contribution in [-0.2, 0) is 9.47 Å². The summed E-state index contributed by atoms with van der Waals surface area (Å²) >= 11 is 0. The van der Waals surface area contributed by atoms with Crippen LogP contribution >= 0.6 is 0 Å². The number of hydrogen-bond donors (Lipinski definition) is 1. The zero-order chi connectivity index (χ0) is 12.7. The van der Waals surface area contributed by atoms with Gasteiger partial charge in [-0.1, -0.05) is 19.3 Å². The lowest BCUT2D eigenvalue weighted by atomic mass is 9.96. The summed E-state index contributed by atoms with van der Waals surface area (Å²) in [6.45, 7) is 0.436. The lowest BCUT2D eigenvalue weighted by Gasteiger charge is -2.27. The largest absolute Gasteiger partial charge is 0.354 e. The standard InChI is InChI=1S/C12H24N2O3/c1-14(9-11(16-2)17-3)12(15)13-10-7-5-4-6-8-10/h10-11H,4-9H2,1-3H3,(H,13,15). The zero-order valence-electron chi connectivity index (χ0n) is 11.1. The highest BCUT2D eigenvalue weighted by atomic mass is 16.7. The highest BCUT2D eigenvalue weighted by molar-refractivity contribution is 5.74. The van der Waals surface area contributed by atoms with Gasteiger partial charge in [-0.25, -0.2) is 4.79 Å². The molecule has 0 unspecified atom stereocenters.